The van der Waals surface area contributed by atoms with E-state index in [1.807, 2.05) is 11.9 Å². The average molecular weight is 1450 g/mol. The molecule has 0 atom stereocenters. The first-order valence-corrected chi connectivity index (χ1v) is 50.2. The van der Waals surface area contributed by atoms with Gasteiger partial charge in [-0.15, -0.1) is 0 Å². The second kappa shape index (κ2) is 86.5. The van der Waals surface area contributed by atoms with E-state index in [-0.39, 0.29) is 12.6 Å². The molecule has 0 aliphatic heterocycles. The van der Waals surface area contributed by atoms with Crippen LogP contribution in [-0.2, 0) is 27.2 Å². The van der Waals surface area contributed by atoms with Gasteiger partial charge in [0.1, 0.15) is 12.6 Å². The van der Waals surface area contributed by atoms with Gasteiger partial charge in [-0.05, 0) is 32.7 Å². The van der Waals surface area contributed by atoms with E-state index in [1.165, 1.54) is 462 Å². The molecule has 100 heavy (non-hydrogen) atoms. The van der Waals surface area contributed by atoms with Gasteiger partial charge in [0, 0.05) is 0 Å². The van der Waals surface area contributed by atoms with E-state index in [0.29, 0.717) is 26.4 Å². The summed E-state index contributed by atoms with van der Waals surface area (Å²) in [5.74, 6) is 0. The summed E-state index contributed by atoms with van der Waals surface area (Å²) in [6.45, 7) is 11.0. The van der Waals surface area contributed by atoms with Crippen molar-refractivity contribution in [3.05, 3.63) is 0 Å². The maximum Gasteiger partial charge on any atom is 0.344 e. The van der Waals surface area contributed by atoms with Crippen LogP contribution >= 0.6 is 15.2 Å². The highest BCUT2D eigenvalue weighted by atomic mass is 31.2. The SMILES string of the molecule is CCCCCCCCCCCCCCCCCCCCCCOP(=O)(CN(C)CP(=O)(OCCCCCCCCCCCCCCCCCCCCCC)OCCCCCCCCCCCCCCCCCCCCCC)OCCCCCCCCCCCCCCCCCCCCCC. The first-order chi connectivity index (χ1) is 49.3. The summed E-state index contributed by atoms with van der Waals surface area (Å²) in [6, 6.07) is 0. The number of hydrogen-bond donors (Lipinski definition) is 0. The van der Waals surface area contributed by atoms with E-state index in [9.17, 15) is 9.13 Å². The van der Waals surface area contributed by atoms with Crippen molar-refractivity contribution in [1.82, 2.24) is 4.90 Å². The minimum absolute atomic E-state index is 0.0979. The topological polar surface area (TPSA) is 74.3 Å². The van der Waals surface area contributed by atoms with Gasteiger partial charge in [0.05, 0.1) is 26.4 Å². The van der Waals surface area contributed by atoms with E-state index in [0.717, 1.165) is 51.4 Å². The highest BCUT2D eigenvalue weighted by molar-refractivity contribution is 7.54. The molecule has 0 spiro atoms. The van der Waals surface area contributed by atoms with Crippen molar-refractivity contribution >= 4 is 15.2 Å². The fourth-order valence-electron chi connectivity index (χ4n) is 15.1. The smallest absolute Gasteiger partial charge is 0.308 e. The number of unbranched alkanes of at least 4 members (excludes halogenated alkanes) is 76. The molecule has 7 nitrogen and oxygen atoms in total. The van der Waals surface area contributed by atoms with E-state index in [2.05, 4.69) is 27.7 Å². The molecule has 0 radical (unpaired) electrons. The molecule has 0 aromatic rings. The molecular weight excluding hydrogens is 1260 g/mol. The molecule has 0 unspecified atom stereocenters. The Morgan fingerprint density at radius 3 is 0.350 bits per heavy atom. The molecule has 602 valence electrons. The molecule has 0 bridgehead atoms. The first kappa shape index (κ1) is 100. The normalized spacial score (nSPS) is 12.2. The number of hydrogen-bond acceptors (Lipinski definition) is 7. The minimum atomic E-state index is -3.50. The van der Waals surface area contributed by atoms with Crippen LogP contribution < -0.4 is 0 Å². The first-order valence-electron chi connectivity index (χ1n) is 46.8. The molecule has 0 aromatic heterocycles. The van der Waals surface area contributed by atoms with Gasteiger partial charge in [-0.3, -0.25) is 14.0 Å². The summed E-state index contributed by atoms with van der Waals surface area (Å²) < 4.78 is 54.9. The Hall–Kier alpha value is 0.260. The third-order valence-corrected chi connectivity index (χ3v) is 25.9. The van der Waals surface area contributed by atoms with E-state index in [4.69, 9.17) is 18.1 Å². The summed E-state index contributed by atoms with van der Waals surface area (Å²) in [5.41, 5.74) is 0. The molecule has 0 amide bonds. The summed E-state index contributed by atoms with van der Waals surface area (Å²) in [7, 11) is -5.08. The van der Waals surface area contributed by atoms with Gasteiger partial charge in [-0.25, -0.2) is 0 Å². The van der Waals surface area contributed by atoms with Crippen LogP contribution in [0, 0.1) is 0 Å². The Morgan fingerprint density at radius 1 is 0.160 bits per heavy atom. The van der Waals surface area contributed by atoms with Gasteiger partial charge in [-0.2, -0.15) is 0 Å². The third kappa shape index (κ3) is 82.3. The average Bonchev–Trinajstić information content (AvgIpc) is 0.880. The van der Waals surface area contributed by atoms with Crippen molar-refractivity contribution in [2.75, 3.05) is 46.0 Å². The van der Waals surface area contributed by atoms with E-state index >= 15 is 0 Å². The molecule has 9 heteroatoms. The van der Waals surface area contributed by atoms with Gasteiger partial charge < -0.3 is 18.1 Å². The lowest BCUT2D eigenvalue weighted by atomic mass is 10.0. The van der Waals surface area contributed by atoms with Gasteiger partial charge in [0.15, 0.2) is 0 Å². The molecule has 0 saturated carbocycles. The number of nitrogens with zero attached hydrogens (tertiary/aromatic N) is 1. The number of rotatable bonds is 92. The zero-order chi connectivity index (χ0) is 72.2. The minimum Gasteiger partial charge on any atom is -0.308 e. The van der Waals surface area contributed by atoms with Crippen LogP contribution in [0.3, 0.4) is 0 Å². The predicted molar refractivity (Wildman–Crippen MR) is 449 cm³/mol. The van der Waals surface area contributed by atoms with Gasteiger partial charge >= 0.3 is 15.2 Å². The molecule has 0 aliphatic rings. The van der Waals surface area contributed by atoms with Crippen LogP contribution in [0.5, 0.6) is 0 Å². The lowest BCUT2D eigenvalue weighted by molar-refractivity contribution is 0.174. The van der Waals surface area contributed by atoms with Gasteiger partial charge in [0.2, 0.25) is 0 Å². The molecule has 0 fully saturated rings. The molecule has 0 N–H and O–H groups in total. The second-order valence-electron chi connectivity index (χ2n) is 32.6. The Morgan fingerprint density at radius 2 is 0.250 bits per heavy atom. The largest absolute Gasteiger partial charge is 0.344 e. The molecule has 0 aromatic carbocycles. The fraction of sp³-hybridized carbons (Fsp3) is 1.00. The van der Waals surface area contributed by atoms with E-state index in [1.54, 1.807) is 0 Å². The van der Waals surface area contributed by atoms with Crippen LogP contribution in [0.1, 0.15) is 541 Å². The van der Waals surface area contributed by atoms with Crippen LogP contribution in [0.4, 0.5) is 0 Å². The van der Waals surface area contributed by atoms with Gasteiger partial charge in [0.25, 0.3) is 0 Å². The molecule has 0 saturated heterocycles. The highest BCUT2D eigenvalue weighted by Gasteiger charge is 2.33. The summed E-state index contributed by atoms with van der Waals surface area (Å²) in [4.78, 5) is 1.88. The van der Waals surface area contributed by atoms with Crippen molar-refractivity contribution in [3.8, 4) is 0 Å². The predicted octanol–water partition coefficient (Wildman–Crippen LogP) is 34.6. The van der Waals surface area contributed by atoms with Crippen LogP contribution in [0.15, 0.2) is 0 Å². The Kier molecular flexibility index (Phi) is 86.7. The monoisotopic (exact) mass is 1450 g/mol. The Labute approximate surface area is 631 Å². The Balaban J connectivity index is 5.15. The van der Waals surface area contributed by atoms with Crippen molar-refractivity contribution < 1.29 is 27.2 Å². The quantitative estimate of drug-likeness (QED) is 0.0444. The lowest BCUT2D eigenvalue weighted by Crippen LogP contribution is -2.24. The zero-order valence-corrected chi connectivity index (χ0v) is 71.4. The van der Waals surface area contributed by atoms with Crippen LogP contribution in [0.25, 0.3) is 0 Å². The van der Waals surface area contributed by atoms with Crippen molar-refractivity contribution in [3.63, 3.8) is 0 Å². The molecule has 0 heterocycles. The van der Waals surface area contributed by atoms with E-state index < -0.39 is 15.2 Å². The van der Waals surface area contributed by atoms with Crippen LogP contribution in [0.2, 0.25) is 0 Å². The highest BCUT2D eigenvalue weighted by Crippen LogP contribution is 2.53. The van der Waals surface area contributed by atoms with Crippen molar-refractivity contribution in [2.24, 2.45) is 0 Å². The summed E-state index contributed by atoms with van der Waals surface area (Å²) in [6.07, 6.45) is 108. The molecule has 0 rings (SSSR count). The lowest BCUT2D eigenvalue weighted by Gasteiger charge is -2.27. The zero-order valence-electron chi connectivity index (χ0n) is 69.6. The van der Waals surface area contributed by atoms with Crippen LogP contribution in [-0.4, -0.2) is 50.9 Å². The summed E-state index contributed by atoms with van der Waals surface area (Å²) >= 11 is 0. The third-order valence-electron chi connectivity index (χ3n) is 22.0. The summed E-state index contributed by atoms with van der Waals surface area (Å²) in [5, 5.41) is 0. The Bertz CT molecular complexity index is 1370. The van der Waals surface area contributed by atoms with Gasteiger partial charge in [-0.1, -0.05) is 516 Å². The second-order valence-corrected chi connectivity index (χ2v) is 36.6. The molecule has 0 aliphatic carbocycles. The molecular formula is C91H187NO6P2. The van der Waals surface area contributed by atoms with Crippen molar-refractivity contribution in [1.29, 1.82) is 0 Å². The fourth-order valence-corrected chi connectivity index (χ4v) is 18.8. The maximum atomic E-state index is 14.8. The maximum absolute atomic E-state index is 14.8. The standard InChI is InChI=1S/C91H187NO6P2/c1-6-10-14-18-22-26-30-34-38-42-46-50-54-58-62-66-70-74-78-82-86-95-99(93,96-87-83-79-75-71-67-63-59-55-51-47-43-39-35-31-27-23-19-15-11-7-2)90-92(5)91-100(94,97-88-84-80-76-72-68-64-60-56-52-48-44-40-36-32-28-24-20-16-12-8-3)98-89-85-81-77-73-69-65-61-57-53-49-45-41-37-33-29-25-21-17-13-9-4/h6-91H2,1-5H3. The van der Waals surface area contributed by atoms with Crippen molar-refractivity contribution in [2.45, 2.75) is 541 Å².